The fourth-order valence-corrected chi connectivity index (χ4v) is 7.17. The first-order valence-electron chi connectivity index (χ1n) is 21.7. The van der Waals surface area contributed by atoms with E-state index in [1.165, 1.54) is 135 Å². The first-order valence-corrected chi connectivity index (χ1v) is 21.7. The molecule has 0 spiro atoms. The molecule has 0 N–H and O–H groups in total. The monoisotopic (exact) mass is 680 g/mol. The molecule has 6 atom stereocenters. The van der Waals surface area contributed by atoms with Gasteiger partial charge in [-0.25, -0.2) is 0 Å². The lowest BCUT2D eigenvalue weighted by molar-refractivity contribution is -0.0287. The van der Waals surface area contributed by atoms with Gasteiger partial charge in [0, 0.05) is 19.8 Å². The lowest BCUT2D eigenvalue weighted by Gasteiger charge is -2.22. The topological polar surface area (TPSA) is 21.7 Å². The molecule has 48 heavy (non-hydrogen) atoms. The molecule has 0 bridgehead atoms. The average Bonchev–Trinajstić information content (AvgIpc) is 3.00. The number of hydrogen-bond donors (Lipinski definition) is 0. The minimum Gasteiger partial charge on any atom is -0.379 e. The van der Waals surface area contributed by atoms with E-state index < -0.39 is 0 Å². The molecule has 0 aliphatic carbocycles. The molecule has 0 aliphatic heterocycles. The molecule has 0 aliphatic rings. The standard InChI is InChI=1S/C45H93NO2/c1-38(2)21-17-25-40(5)23-15-13-12-14-16-24-43(8)32-35-47-37-45(31-34-46(10)11)48-36-33-44(9)30-20-29-42(7)28-19-27-41(6)26-18-22-39(3)4/h38-45H,12-37H2,1-11H3. The van der Waals surface area contributed by atoms with E-state index in [2.05, 4.69) is 81.3 Å². The molecule has 0 fully saturated rings. The SMILES string of the molecule is CC(C)CCCC(C)CCCCCCCC(C)CCOCC(CCN(C)C)OCCC(C)CCCC(C)CCCC(C)CCCC(C)C. The van der Waals surface area contributed by atoms with Crippen LogP contribution in [-0.2, 0) is 9.47 Å². The van der Waals surface area contributed by atoms with Gasteiger partial charge in [-0.2, -0.15) is 0 Å². The molecule has 0 saturated carbocycles. The first kappa shape index (κ1) is 47.9. The predicted octanol–water partition coefficient (Wildman–Crippen LogP) is 14.0. The summed E-state index contributed by atoms with van der Waals surface area (Å²) in [6, 6.07) is 0. The summed E-state index contributed by atoms with van der Waals surface area (Å²) in [6.07, 6.45) is 30.3. The highest BCUT2D eigenvalue weighted by Crippen LogP contribution is 2.23. The van der Waals surface area contributed by atoms with E-state index >= 15 is 0 Å². The van der Waals surface area contributed by atoms with Crippen LogP contribution in [0.1, 0.15) is 204 Å². The summed E-state index contributed by atoms with van der Waals surface area (Å²) in [4.78, 5) is 2.27. The van der Waals surface area contributed by atoms with Crippen molar-refractivity contribution in [3.05, 3.63) is 0 Å². The van der Waals surface area contributed by atoms with Crippen molar-refractivity contribution in [2.75, 3.05) is 40.5 Å². The number of unbranched alkanes of at least 4 members (excludes halogenated alkanes) is 4. The first-order chi connectivity index (χ1) is 22.9. The Morgan fingerprint density at radius 3 is 1.15 bits per heavy atom. The highest BCUT2D eigenvalue weighted by Gasteiger charge is 2.13. The van der Waals surface area contributed by atoms with Gasteiger partial charge in [-0.1, -0.05) is 184 Å². The van der Waals surface area contributed by atoms with E-state index in [0.29, 0.717) is 0 Å². The van der Waals surface area contributed by atoms with Gasteiger partial charge >= 0.3 is 0 Å². The van der Waals surface area contributed by atoms with Crippen molar-refractivity contribution < 1.29 is 9.47 Å². The van der Waals surface area contributed by atoms with Gasteiger partial charge in [-0.15, -0.1) is 0 Å². The summed E-state index contributed by atoms with van der Waals surface area (Å²) in [5.74, 6) is 5.93. The van der Waals surface area contributed by atoms with Crippen LogP contribution in [0.4, 0.5) is 0 Å². The molecular weight excluding hydrogens is 587 g/mol. The maximum Gasteiger partial charge on any atom is 0.0820 e. The maximum absolute atomic E-state index is 6.42. The lowest BCUT2D eigenvalue weighted by Crippen LogP contribution is -2.27. The average molecular weight is 680 g/mol. The molecule has 0 rings (SSSR count). The third-order valence-electron chi connectivity index (χ3n) is 11.1. The largest absolute Gasteiger partial charge is 0.379 e. The van der Waals surface area contributed by atoms with E-state index in [-0.39, 0.29) is 6.10 Å². The van der Waals surface area contributed by atoms with E-state index in [4.69, 9.17) is 9.47 Å². The Balaban J connectivity index is 3.97. The zero-order valence-corrected chi connectivity index (χ0v) is 35.3. The molecule has 0 aromatic rings. The zero-order chi connectivity index (χ0) is 36.0. The van der Waals surface area contributed by atoms with Gasteiger partial charge in [0.15, 0.2) is 0 Å². The van der Waals surface area contributed by atoms with Crippen LogP contribution in [0, 0.1) is 41.4 Å². The van der Waals surface area contributed by atoms with E-state index in [9.17, 15) is 0 Å². The summed E-state index contributed by atoms with van der Waals surface area (Å²) in [6.45, 7) is 25.2. The summed E-state index contributed by atoms with van der Waals surface area (Å²) in [5, 5.41) is 0. The van der Waals surface area contributed by atoms with E-state index in [0.717, 1.165) is 74.2 Å². The predicted molar refractivity (Wildman–Crippen MR) is 216 cm³/mol. The second-order valence-corrected chi connectivity index (χ2v) is 18.1. The van der Waals surface area contributed by atoms with Crippen LogP contribution < -0.4 is 0 Å². The van der Waals surface area contributed by atoms with Crippen molar-refractivity contribution in [1.82, 2.24) is 4.90 Å². The van der Waals surface area contributed by atoms with Crippen LogP contribution >= 0.6 is 0 Å². The second kappa shape index (κ2) is 32.8. The van der Waals surface area contributed by atoms with Crippen LogP contribution in [0.25, 0.3) is 0 Å². The molecule has 0 amide bonds. The van der Waals surface area contributed by atoms with Crippen LogP contribution in [0.3, 0.4) is 0 Å². The van der Waals surface area contributed by atoms with Crippen molar-refractivity contribution in [2.24, 2.45) is 41.4 Å². The van der Waals surface area contributed by atoms with Gasteiger partial charge < -0.3 is 14.4 Å². The second-order valence-electron chi connectivity index (χ2n) is 18.1. The molecule has 290 valence electrons. The van der Waals surface area contributed by atoms with Crippen molar-refractivity contribution in [1.29, 1.82) is 0 Å². The number of rotatable bonds is 36. The van der Waals surface area contributed by atoms with Crippen LogP contribution in [0.5, 0.6) is 0 Å². The lowest BCUT2D eigenvalue weighted by atomic mass is 9.91. The van der Waals surface area contributed by atoms with Gasteiger partial charge in [0.2, 0.25) is 0 Å². The third kappa shape index (κ3) is 34.3. The van der Waals surface area contributed by atoms with Crippen molar-refractivity contribution in [2.45, 2.75) is 210 Å². The van der Waals surface area contributed by atoms with E-state index in [1.54, 1.807) is 0 Å². The Kier molecular flexibility index (Phi) is 32.7. The van der Waals surface area contributed by atoms with Gasteiger partial charge in [-0.3, -0.25) is 0 Å². The molecule has 3 heteroatoms. The molecular formula is C45H93NO2. The molecule has 0 radical (unpaired) electrons. The molecule has 3 nitrogen and oxygen atoms in total. The highest BCUT2D eigenvalue weighted by atomic mass is 16.5. The third-order valence-corrected chi connectivity index (χ3v) is 11.1. The van der Waals surface area contributed by atoms with Gasteiger partial charge in [0.25, 0.3) is 0 Å². The summed E-state index contributed by atoms with van der Waals surface area (Å²) >= 11 is 0. The molecule has 6 unspecified atom stereocenters. The molecule has 0 saturated heterocycles. The van der Waals surface area contributed by atoms with Crippen molar-refractivity contribution in [3.8, 4) is 0 Å². The fourth-order valence-electron chi connectivity index (χ4n) is 7.17. The molecule has 0 aromatic carbocycles. The van der Waals surface area contributed by atoms with Gasteiger partial charge in [0.05, 0.1) is 12.7 Å². The van der Waals surface area contributed by atoms with Crippen molar-refractivity contribution >= 4 is 0 Å². The number of hydrogen-bond acceptors (Lipinski definition) is 3. The summed E-state index contributed by atoms with van der Waals surface area (Å²) < 4.78 is 12.6. The van der Waals surface area contributed by atoms with Gasteiger partial charge in [-0.05, 0) is 74.8 Å². The van der Waals surface area contributed by atoms with Crippen LogP contribution in [0.15, 0.2) is 0 Å². The number of ether oxygens (including phenoxy) is 2. The highest BCUT2D eigenvalue weighted by molar-refractivity contribution is 4.64. The quantitative estimate of drug-likeness (QED) is 0.0615. The Labute approximate surface area is 305 Å². The summed E-state index contributed by atoms with van der Waals surface area (Å²) in [7, 11) is 4.32. The van der Waals surface area contributed by atoms with Crippen LogP contribution in [-0.4, -0.2) is 51.5 Å². The summed E-state index contributed by atoms with van der Waals surface area (Å²) in [5.41, 5.74) is 0. The normalized spacial score (nSPS) is 16.1. The Bertz CT molecular complexity index is 649. The number of nitrogens with zero attached hydrogens (tertiary/aromatic N) is 1. The smallest absolute Gasteiger partial charge is 0.0820 e. The van der Waals surface area contributed by atoms with Crippen LogP contribution in [0.2, 0.25) is 0 Å². The Morgan fingerprint density at radius 1 is 0.375 bits per heavy atom. The fraction of sp³-hybridized carbons (Fsp3) is 1.00. The maximum atomic E-state index is 6.42. The minimum absolute atomic E-state index is 0.223. The van der Waals surface area contributed by atoms with Crippen molar-refractivity contribution in [3.63, 3.8) is 0 Å². The Morgan fingerprint density at radius 2 is 0.729 bits per heavy atom. The van der Waals surface area contributed by atoms with Gasteiger partial charge in [0.1, 0.15) is 0 Å². The molecule has 0 heterocycles. The van der Waals surface area contributed by atoms with E-state index in [1.807, 2.05) is 0 Å². The molecule has 0 aromatic heterocycles. The zero-order valence-electron chi connectivity index (χ0n) is 35.3. The Hall–Kier alpha value is -0.120. The minimum atomic E-state index is 0.223.